The average Bonchev–Trinajstić information content (AvgIpc) is 3.80. The van der Waals surface area contributed by atoms with Crippen LogP contribution >= 0.6 is 0 Å². The Morgan fingerprint density at radius 2 is 1.50 bits per heavy atom. The van der Waals surface area contributed by atoms with Crippen LogP contribution in [0.2, 0.25) is 0 Å². The Hall–Kier alpha value is -5.54. The Morgan fingerprint density at radius 1 is 0.679 bits per heavy atom. The summed E-state index contributed by atoms with van der Waals surface area (Å²) < 4.78 is 2.77. The minimum Gasteiger partial charge on any atom is -0.361 e. The molecular formula is C53H51N3. The highest BCUT2D eigenvalue weighted by atomic mass is 15.3. The predicted molar refractivity (Wildman–Crippen MR) is 233 cm³/mol. The zero-order chi connectivity index (χ0) is 37.0. The molecule has 278 valence electrons. The maximum Gasteiger partial charge on any atom is 0.108 e. The highest BCUT2D eigenvalue weighted by Gasteiger charge is 2.43. The fraction of sp³-hybridized carbons (Fsp3) is 0.283. The molecule has 3 nitrogen and oxygen atoms in total. The summed E-state index contributed by atoms with van der Waals surface area (Å²) >= 11 is 0. The van der Waals surface area contributed by atoms with Crippen LogP contribution in [0.25, 0.3) is 23.4 Å². The number of rotatable bonds is 6. The number of dihydropyridines is 1. The van der Waals surface area contributed by atoms with E-state index in [2.05, 4.69) is 167 Å². The van der Waals surface area contributed by atoms with Gasteiger partial charge in [0.1, 0.15) is 5.82 Å². The first-order valence-electron chi connectivity index (χ1n) is 21.3. The quantitative estimate of drug-likeness (QED) is 0.273. The number of nitrogens with zero attached hydrogens (tertiary/aromatic N) is 2. The second-order valence-electron chi connectivity index (χ2n) is 16.8. The van der Waals surface area contributed by atoms with Crippen molar-refractivity contribution in [2.24, 2.45) is 5.92 Å². The van der Waals surface area contributed by atoms with E-state index in [4.69, 9.17) is 0 Å². The molecule has 0 saturated carbocycles. The standard InChI is InChI=1S/C53H51N3/c1-4-16-36(17-5-1)39-22-14-23-42(32-39)55-49-28-12-11-25-45(49)47-27-15-26-43(53(47)55)40-30-31-46-44-24-10-13-29-50(44)56(51(46)34-40)52-35-41(37-18-6-2-7-19-37)33-48(54-52)38-20-8-3-9-21-38/h1-2,4-8,11,13,15-21,23,25,27,29-31,33-35,39,43,46,48,51,54H,3,9-10,12,14,22,24,26,28,32H2. The molecular weight excluding hydrogens is 679 g/mol. The molecule has 5 unspecified atom stereocenters. The Kier molecular flexibility index (Phi) is 8.56. The third kappa shape index (κ3) is 5.78. The molecule has 0 bridgehead atoms. The number of benzene rings is 2. The van der Waals surface area contributed by atoms with Gasteiger partial charge in [0.05, 0.1) is 12.1 Å². The molecule has 3 heterocycles. The van der Waals surface area contributed by atoms with Crippen LogP contribution in [-0.4, -0.2) is 21.6 Å². The van der Waals surface area contributed by atoms with E-state index in [9.17, 15) is 0 Å². The molecule has 0 saturated heterocycles. The number of allylic oxidation sites excluding steroid dienone is 12. The van der Waals surface area contributed by atoms with Crippen molar-refractivity contribution in [2.75, 3.05) is 0 Å². The van der Waals surface area contributed by atoms with Crippen molar-refractivity contribution in [3.8, 4) is 0 Å². The van der Waals surface area contributed by atoms with E-state index in [1.54, 1.807) is 5.57 Å². The summed E-state index contributed by atoms with van der Waals surface area (Å²) in [6, 6.07) is 22.6. The molecule has 8 aliphatic rings. The lowest BCUT2D eigenvalue weighted by Crippen LogP contribution is -2.43. The van der Waals surface area contributed by atoms with E-state index < -0.39 is 0 Å². The second-order valence-corrected chi connectivity index (χ2v) is 16.8. The first-order valence-corrected chi connectivity index (χ1v) is 21.3. The van der Waals surface area contributed by atoms with Gasteiger partial charge in [-0.2, -0.15) is 0 Å². The molecule has 0 amide bonds. The summed E-state index contributed by atoms with van der Waals surface area (Å²) in [5.74, 6) is 2.44. The number of nitrogens with one attached hydrogen (secondary N) is 1. The maximum absolute atomic E-state index is 4.08. The highest BCUT2D eigenvalue weighted by Crippen LogP contribution is 2.50. The Balaban J connectivity index is 1.00. The monoisotopic (exact) mass is 729 g/mol. The lowest BCUT2D eigenvalue weighted by Gasteiger charge is -2.38. The third-order valence-electron chi connectivity index (χ3n) is 13.6. The van der Waals surface area contributed by atoms with Crippen molar-refractivity contribution >= 4 is 23.4 Å². The lowest BCUT2D eigenvalue weighted by atomic mass is 9.78. The van der Waals surface area contributed by atoms with E-state index in [1.165, 1.54) is 74.0 Å². The molecule has 2 aromatic carbocycles. The average molecular weight is 730 g/mol. The highest BCUT2D eigenvalue weighted by molar-refractivity contribution is 5.78. The molecule has 6 aliphatic carbocycles. The summed E-state index contributed by atoms with van der Waals surface area (Å²) in [6.45, 7) is 0. The number of aromatic nitrogens is 1. The molecule has 56 heavy (non-hydrogen) atoms. The van der Waals surface area contributed by atoms with Crippen molar-refractivity contribution < 1.29 is 0 Å². The van der Waals surface area contributed by atoms with Crippen LogP contribution in [0.4, 0.5) is 0 Å². The van der Waals surface area contributed by atoms with Gasteiger partial charge in [-0.05, 0) is 122 Å². The first kappa shape index (κ1) is 33.8. The second kappa shape index (κ2) is 14.2. The van der Waals surface area contributed by atoms with Gasteiger partial charge in [0.15, 0.2) is 0 Å². The topological polar surface area (TPSA) is 20.2 Å². The minimum atomic E-state index is 0.122. The fourth-order valence-corrected chi connectivity index (χ4v) is 11.0. The van der Waals surface area contributed by atoms with E-state index >= 15 is 0 Å². The fourth-order valence-electron chi connectivity index (χ4n) is 11.0. The van der Waals surface area contributed by atoms with Gasteiger partial charge in [0.2, 0.25) is 0 Å². The van der Waals surface area contributed by atoms with Crippen LogP contribution in [0, 0.1) is 5.92 Å². The van der Waals surface area contributed by atoms with Gasteiger partial charge in [-0.1, -0.05) is 134 Å². The normalized spacial score (nSPS) is 27.3. The maximum atomic E-state index is 4.08. The van der Waals surface area contributed by atoms with Gasteiger partial charge in [-0.3, -0.25) is 0 Å². The van der Waals surface area contributed by atoms with E-state index in [0.29, 0.717) is 17.8 Å². The zero-order valence-corrected chi connectivity index (χ0v) is 32.3. The Labute approximate surface area is 332 Å². The molecule has 1 N–H and O–H groups in total. The largest absolute Gasteiger partial charge is 0.361 e. The van der Waals surface area contributed by atoms with Crippen molar-refractivity contribution in [3.05, 3.63) is 202 Å². The zero-order valence-electron chi connectivity index (χ0n) is 32.3. The van der Waals surface area contributed by atoms with Crippen molar-refractivity contribution in [1.29, 1.82) is 0 Å². The van der Waals surface area contributed by atoms with Gasteiger partial charge in [-0.15, -0.1) is 0 Å². The van der Waals surface area contributed by atoms with Crippen LogP contribution in [0.5, 0.6) is 0 Å². The van der Waals surface area contributed by atoms with E-state index in [-0.39, 0.29) is 12.1 Å². The van der Waals surface area contributed by atoms with Crippen LogP contribution in [0.3, 0.4) is 0 Å². The summed E-state index contributed by atoms with van der Waals surface area (Å²) in [4.78, 5) is 2.68. The van der Waals surface area contributed by atoms with Gasteiger partial charge >= 0.3 is 0 Å². The van der Waals surface area contributed by atoms with Crippen LogP contribution in [0.1, 0.15) is 103 Å². The molecule has 0 spiro atoms. The molecule has 2 aliphatic heterocycles. The summed E-state index contributed by atoms with van der Waals surface area (Å²) in [5, 5.41) is 4.08. The SMILES string of the molecule is C1=CC(C2C=C(c3ccccc3)C=C(N3C4=C(CCC=C4)C4C=CC(C5CC=Cc6c7c(n(C8=CCCC(c9ccccc9)C8)c65)CCC=C7)=CC43)N2)=CCC1. The predicted octanol–water partition coefficient (Wildman–Crippen LogP) is 12.3. The Morgan fingerprint density at radius 3 is 2.38 bits per heavy atom. The Bertz CT molecular complexity index is 2410. The number of hydrogen-bond donors (Lipinski definition) is 1. The first-order chi connectivity index (χ1) is 27.8. The van der Waals surface area contributed by atoms with Crippen LogP contribution in [0.15, 0.2) is 168 Å². The third-order valence-corrected chi connectivity index (χ3v) is 13.6. The van der Waals surface area contributed by atoms with Crippen LogP contribution in [-0.2, 0) is 6.42 Å². The van der Waals surface area contributed by atoms with E-state index in [0.717, 1.165) is 57.8 Å². The molecule has 0 radical (unpaired) electrons. The molecule has 11 rings (SSSR count). The smallest absolute Gasteiger partial charge is 0.108 e. The summed E-state index contributed by atoms with van der Waals surface area (Å²) in [5.41, 5.74) is 17.3. The number of fused-ring (bicyclic) bond motifs is 5. The molecule has 3 heteroatoms. The summed E-state index contributed by atoms with van der Waals surface area (Å²) in [7, 11) is 0. The number of hydrogen-bond acceptors (Lipinski definition) is 2. The van der Waals surface area contributed by atoms with Gasteiger partial charge in [-0.25, -0.2) is 0 Å². The molecule has 5 atom stereocenters. The van der Waals surface area contributed by atoms with Crippen molar-refractivity contribution in [3.63, 3.8) is 0 Å². The van der Waals surface area contributed by atoms with Gasteiger partial charge < -0.3 is 14.8 Å². The van der Waals surface area contributed by atoms with Gasteiger partial charge in [0, 0.05) is 45.7 Å². The molecule has 0 fully saturated rings. The summed E-state index contributed by atoms with van der Waals surface area (Å²) in [6.07, 6.45) is 48.0. The van der Waals surface area contributed by atoms with Crippen molar-refractivity contribution in [1.82, 2.24) is 14.8 Å². The minimum absolute atomic E-state index is 0.122. The van der Waals surface area contributed by atoms with Crippen molar-refractivity contribution in [2.45, 2.75) is 88.1 Å². The molecule has 1 aromatic heterocycles. The van der Waals surface area contributed by atoms with Gasteiger partial charge in [0.25, 0.3) is 0 Å². The van der Waals surface area contributed by atoms with E-state index in [1.807, 2.05) is 0 Å². The lowest BCUT2D eigenvalue weighted by molar-refractivity contribution is 0.340. The molecule has 3 aromatic rings. The van der Waals surface area contributed by atoms with Crippen LogP contribution < -0.4 is 5.32 Å².